The Kier molecular flexibility index (Phi) is 6.03. The van der Waals surface area contributed by atoms with Gasteiger partial charge in [-0.15, -0.1) is 0 Å². The summed E-state index contributed by atoms with van der Waals surface area (Å²) in [5.41, 5.74) is -0.970. The Morgan fingerprint density at radius 2 is 0.921 bits per heavy atom. The number of carbonyl (C=O) groups is 4. The molecule has 38 heavy (non-hydrogen) atoms. The number of hydrogen-bond donors (Lipinski definition) is 0. The number of rotatable bonds is 6. The maximum atomic E-state index is 14.2. The van der Waals surface area contributed by atoms with Gasteiger partial charge in [-0.2, -0.15) is 13.2 Å². The topological polar surface area (TPSA) is 93.2 Å². The fourth-order valence-corrected chi connectivity index (χ4v) is 3.90. The third-order valence-corrected chi connectivity index (χ3v) is 5.50. The molecule has 8 nitrogen and oxygen atoms in total. The van der Waals surface area contributed by atoms with Crippen LogP contribution in [-0.4, -0.2) is 23.6 Å². The van der Waals surface area contributed by atoms with Crippen molar-refractivity contribution in [2.75, 3.05) is 9.80 Å². The minimum atomic E-state index is -4.91. The van der Waals surface area contributed by atoms with Crippen LogP contribution in [0.25, 0.3) is 0 Å². The lowest BCUT2D eigenvalue weighted by atomic mass is 10.1. The van der Waals surface area contributed by atoms with Crippen molar-refractivity contribution in [3.05, 3.63) is 96.6 Å². The third kappa shape index (κ3) is 4.64. The molecule has 0 bridgehead atoms. The van der Waals surface area contributed by atoms with Gasteiger partial charge in [0.05, 0.1) is 11.4 Å². The number of imide groups is 2. The highest BCUT2D eigenvalue weighted by Crippen LogP contribution is 2.45. The first kappa shape index (κ1) is 24.5. The molecule has 0 spiro atoms. The minimum Gasteiger partial charge on any atom is -0.457 e. The van der Waals surface area contributed by atoms with Crippen LogP contribution in [-0.2, 0) is 25.4 Å². The molecule has 2 heterocycles. The zero-order valence-corrected chi connectivity index (χ0v) is 19.1. The van der Waals surface area contributed by atoms with Crippen LogP contribution in [0.15, 0.2) is 91.0 Å². The van der Waals surface area contributed by atoms with E-state index >= 15 is 0 Å². The van der Waals surface area contributed by atoms with Crippen molar-refractivity contribution in [2.24, 2.45) is 0 Å². The van der Waals surface area contributed by atoms with E-state index in [1.807, 2.05) is 0 Å². The first-order valence-electron chi connectivity index (χ1n) is 11.0. The van der Waals surface area contributed by atoms with E-state index in [4.69, 9.17) is 9.47 Å². The van der Waals surface area contributed by atoms with Gasteiger partial charge in [0.2, 0.25) is 0 Å². The largest absolute Gasteiger partial charge is 0.457 e. The Morgan fingerprint density at radius 1 is 0.553 bits per heavy atom. The van der Waals surface area contributed by atoms with Crippen LogP contribution in [0.3, 0.4) is 0 Å². The maximum Gasteiger partial charge on any atom is 0.423 e. The molecular formula is C27H15F3N2O6. The van der Waals surface area contributed by atoms with Crippen molar-refractivity contribution in [1.82, 2.24) is 0 Å². The Hall–Kier alpha value is -5.19. The maximum absolute atomic E-state index is 14.2. The third-order valence-electron chi connectivity index (χ3n) is 5.50. The number of hydrogen-bond acceptors (Lipinski definition) is 6. The second kappa shape index (κ2) is 9.36. The first-order valence-corrected chi connectivity index (χ1v) is 11.0. The monoisotopic (exact) mass is 520 g/mol. The van der Waals surface area contributed by atoms with E-state index in [-0.39, 0.29) is 22.9 Å². The normalized spacial score (nSPS) is 15.1. The molecule has 0 saturated heterocycles. The standard InChI is InChI=1S/C27H15F3N2O6/c28-27(29,30)26-20(37-18-6-1-4-16(14-18)31-22(33)10-11-23(31)34)8-3-9-21(26)38-19-7-2-5-17(15-19)32-24(35)12-13-25(32)36/h1-15H. The van der Waals surface area contributed by atoms with Gasteiger partial charge >= 0.3 is 6.18 Å². The number of benzene rings is 3. The number of amides is 4. The SMILES string of the molecule is O=C1C=CC(=O)N1c1cccc(Oc2cccc(Oc3cccc(N4C(=O)C=CC4=O)c3)c2C(F)(F)F)c1. The van der Waals surface area contributed by atoms with Crippen molar-refractivity contribution < 1.29 is 41.8 Å². The van der Waals surface area contributed by atoms with Gasteiger partial charge in [-0.1, -0.05) is 18.2 Å². The van der Waals surface area contributed by atoms with E-state index < -0.39 is 46.9 Å². The molecule has 2 aliphatic heterocycles. The zero-order chi connectivity index (χ0) is 27.0. The molecule has 190 valence electrons. The van der Waals surface area contributed by atoms with Crippen LogP contribution in [0.4, 0.5) is 24.5 Å². The Balaban J connectivity index is 1.46. The fourth-order valence-electron chi connectivity index (χ4n) is 3.90. The highest BCUT2D eigenvalue weighted by atomic mass is 19.4. The molecule has 0 fully saturated rings. The average Bonchev–Trinajstić information content (AvgIpc) is 3.38. The second-order valence-electron chi connectivity index (χ2n) is 8.02. The summed E-state index contributed by atoms with van der Waals surface area (Å²) in [6.07, 6.45) is -0.575. The molecule has 0 saturated carbocycles. The Labute approximate surface area is 212 Å². The van der Waals surface area contributed by atoms with Crippen LogP contribution >= 0.6 is 0 Å². The van der Waals surface area contributed by atoms with Crippen molar-refractivity contribution >= 4 is 35.0 Å². The van der Waals surface area contributed by atoms with Crippen LogP contribution in [0.1, 0.15) is 5.56 Å². The molecule has 0 aromatic heterocycles. The predicted molar refractivity (Wildman–Crippen MR) is 128 cm³/mol. The van der Waals surface area contributed by atoms with Gasteiger partial charge in [0.1, 0.15) is 28.6 Å². The molecule has 0 N–H and O–H groups in total. The summed E-state index contributed by atoms with van der Waals surface area (Å²) < 4.78 is 53.7. The van der Waals surface area contributed by atoms with Crippen molar-refractivity contribution in [3.8, 4) is 23.0 Å². The van der Waals surface area contributed by atoms with E-state index in [1.54, 1.807) is 0 Å². The first-order chi connectivity index (χ1) is 18.1. The van der Waals surface area contributed by atoms with Crippen molar-refractivity contribution in [2.45, 2.75) is 6.18 Å². The van der Waals surface area contributed by atoms with Gasteiger partial charge in [0, 0.05) is 36.4 Å². The molecule has 3 aromatic rings. The fraction of sp³-hybridized carbons (Fsp3) is 0.0370. The van der Waals surface area contributed by atoms with Gasteiger partial charge < -0.3 is 9.47 Å². The minimum absolute atomic E-state index is 0.0572. The van der Waals surface area contributed by atoms with Crippen molar-refractivity contribution in [1.29, 1.82) is 0 Å². The molecule has 11 heteroatoms. The quantitative estimate of drug-likeness (QED) is 0.418. The average molecular weight is 520 g/mol. The summed E-state index contributed by atoms with van der Waals surface area (Å²) in [5.74, 6) is -3.65. The van der Waals surface area contributed by atoms with Gasteiger partial charge in [0.25, 0.3) is 23.6 Å². The highest BCUT2D eigenvalue weighted by molar-refractivity contribution is 6.28. The van der Waals surface area contributed by atoms with E-state index in [9.17, 15) is 32.3 Å². The summed E-state index contributed by atoms with van der Waals surface area (Å²) in [6.45, 7) is 0. The lowest BCUT2D eigenvalue weighted by Gasteiger charge is -2.20. The summed E-state index contributed by atoms with van der Waals surface area (Å²) >= 11 is 0. The molecular weight excluding hydrogens is 505 g/mol. The number of ether oxygens (including phenoxy) is 2. The van der Waals surface area contributed by atoms with Crippen LogP contribution in [0.2, 0.25) is 0 Å². The van der Waals surface area contributed by atoms with Gasteiger partial charge in [0.15, 0.2) is 0 Å². The highest BCUT2D eigenvalue weighted by Gasteiger charge is 2.39. The number of alkyl halides is 3. The lowest BCUT2D eigenvalue weighted by molar-refractivity contribution is -0.139. The predicted octanol–water partition coefficient (Wildman–Crippen LogP) is 5.15. The van der Waals surface area contributed by atoms with Crippen LogP contribution in [0.5, 0.6) is 23.0 Å². The second-order valence-corrected chi connectivity index (χ2v) is 8.02. The summed E-state index contributed by atoms with van der Waals surface area (Å²) in [4.78, 5) is 49.6. The van der Waals surface area contributed by atoms with Crippen molar-refractivity contribution in [3.63, 3.8) is 0 Å². The molecule has 0 unspecified atom stereocenters. The van der Waals surface area contributed by atoms with E-state index in [1.165, 1.54) is 54.6 Å². The smallest absolute Gasteiger partial charge is 0.423 e. The van der Waals surface area contributed by atoms with E-state index in [0.29, 0.717) is 0 Å². The number of halogens is 3. The van der Waals surface area contributed by atoms with Gasteiger partial charge in [-0.3, -0.25) is 19.2 Å². The van der Waals surface area contributed by atoms with E-state index in [2.05, 4.69) is 0 Å². The summed E-state index contributed by atoms with van der Waals surface area (Å²) in [7, 11) is 0. The Bertz CT molecular complexity index is 1420. The van der Waals surface area contributed by atoms with Gasteiger partial charge in [-0.25, -0.2) is 9.80 Å². The number of carbonyl (C=O) groups excluding carboxylic acids is 4. The van der Waals surface area contributed by atoms with Crippen LogP contribution < -0.4 is 19.3 Å². The molecule has 2 aliphatic rings. The molecule has 0 atom stereocenters. The van der Waals surface area contributed by atoms with E-state index in [0.717, 1.165) is 46.2 Å². The molecule has 5 rings (SSSR count). The molecule has 3 aromatic carbocycles. The van der Waals surface area contributed by atoms with Crippen LogP contribution in [0, 0.1) is 0 Å². The van der Waals surface area contributed by atoms with Gasteiger partial charge in [-0.05, 0) is 36.4 Å². The number of nitrogens with zero attached hydrogens (tertiary/aromatic N) is 2. The summed E-state index contributed by atoms with van der Waals surface area (Å²) in [5, 5.41) is 0. The Morgan fingerprint density at radius 3 is 1.29 bits per heavy atom. The zero-order valence-electron chi connectivity index (χ0n) is 19.1. The molecule has 0 radical (unpaired) electrons. The lowest BCUT2D eigenvalue weighted by Crippen LogP contribution is -2.29. The molecule has 4 amide bonds. The number of anilines is 2. The molecule has 0 aliphatic carbocycles. The summed E-state index contributed by atoms with van der Waals surface area (Å²) in [6, 6.07) is 14.5.